The average molecular weight is 436 g/mol. The Morgan fingerprint density at radius 2 is 1.62 bits per heavy atom. The summed E-state index contributed by atoms with van der Waals surface area (Å²) >= 11 is 0. The molecule has 0 saturated carbocycles. The monoisotopic (exact) mass is 435 g/mol. The minimum atomic E-state index is -4.73. The molecule has 2 aromatic carbocycles. The first-order valence-electron chi connectivity index (χ1n) is 8.70. The number of hydrogen-bond donors (Lipinski definition) is 3. The zero-order valence-electron chi connectivity index (χ0n) is 16.0. The molecule has 1 aliphatic heterocycles. The lowest BCUT2D eigenvalue weighted by atomic mass is 9.81. The van der Waals surface area contributed by atoms with Gasteiger partial charge in [0.1, 0.15) is 4.90 Å². The van der Waals surface area contributed by atoms with Crippen molar-refractivity contribution >= 4 is 36.7 Å². The van der Waals surface area contributed by atoms with E-state index < -0.39 is 35.4 Å². The van der Waals surface area contributed by atoms with E-state index in [0.29, 0.717) is 16.6 Å². The fourth-order valence-electron chi connectivity index (χ4n) is 3.53. The van der Waals surface area contributed by atoms with E-state index in [-0.39, 0.29) is 5.39 Å². The van der Waals surface area contributed by atoms with Gasteiger partial charge in [-0.3, -0.25) is 9.11 Å². The van der Waals surface area contributed by atoms with Gasteiger partial charge in [-0.25, -0.2) is 0 Å². The van der Waals surface area contributed by atoms with E-state index in [1.54, 1.807) is 6.07 Å². The summed E-state index contributed by atoms with van der Waals surface area (Å²) in [6.07, 6.45) is 9.35. The van der Waals surface area contributed by atoms with Gasteiger partial charge in [0.25, 0.3) is 20.2 Å². The van der Waals surface area contributed by atoms with Gasteiger partial charge < -0.3 is 5.32 Å². The molecule has 2 aromatic rings. The van der Waals surface area contributed by atoms with E-state index in [9.17, 15) is 25.9 Å². The maximum atomic E-state index is 11.9. The van der Waals surface area contributed by atoms with Gasteiger partial charge in [-0.15, -0.1) is 0 Å². The van der Waals surface area contributed by atoms with Crippen LogP contribution in [0.1, 0.15) is 26.3 Å². The van der Waals surface area contributed by atoms with E-state index in [2.05, 4.69) is 5.32 Å². The number of nitrogens with one attached hydrogen (secondary N) is 1. The Morgan fingerprint density at radius 1 is 0.931 bits per heavy atom. The second kappa shape index (κ2) is 7.10. The first kappa shape index (κ1) is 21.3. The van der Waals surface area contributed by atoms with Gasteiger partial charge in [0.05, 0.1) is 4.90 Å². The number of anilines is 1. The topological polar surface area (TPSA) is 121 Å². The summed E-state index contributed by atoms with van der Waals surface area (Å²) in [5.41, 5.74) is 1.55. The largest absolute Gasteiger partial charge is 0.358 e. The predicted octanol–water partition coefficient (Wildman–Crippen LogP) is 4.05. The van der Waals surface area contributed by atoms with Crippen LogP contribution in [0.5, 0.6) is 0 Å². The zero-order valence-corrected chi connectivity index (χ0v) is 17.7. The first-order valence-corrected chi connectivity index (χ1v) is 11.6. The quantitative estimate of drug-likeness (QED) is 0.489. The molecule has 3 N–H and O–H groups in total. The van der Waals surface area contributed by atoms with Gasteiger partial charge in [-0.1, -0.05) is 44.2 Å². The maximum absolute atomic E-state index is 11.9. The zero-order chi connectivity index (χ0) is 21.6. The summed E-state index contributed by atoms with van der Waals surface area (Å²) in [5.74, 6) is 0. The number of fused-ring (bicyclic) bond motifs is 3. The van der Waals surface area contributed by atoms with Crippen molar-refractivity contribution in [1.29, 1.82) is 0 Å². The van der Waals surface area contributed by atoms with E-state index in [1.807, 2.05) is 51.2 Å². The number of hydrogen-bond acceptors (Lipinski definition) is 5. The van der Waals surface area contributed by atoms with Crippen molar-refractivity contribution in [2.45, 2.75) is 36.0 Å². The van der Waals surface area contributed by atoms with E-state index >= 15 is 0 Å². The van der Waals surface area contributed by atoms with Crippen LogP contribution in [0.25, 0.3) is 10.8 Å². The second-order valence-electron chi connectivity index (χ2n) is 7.20. The molecule has 0 spiro atoms. The summed E-state index contributed by atoms with van der Waals surface area (Å²) in [6.45, 7) is 5.72. The molecular weight excluding hydrogens is 414 g/mol. The molecule has 0 aliphatic carbocycles. The van der Waals surface area contributed by atoms with Crippen LogP contribution in [0.4, 0.5) is 5.69 Å². The van der Waals surface area contributed by atoms with Crippen LogP contribution < -0.4 is 5.32 Å². The Kier molecular flexibility index (Phi) is 5.20. The van der Waals surface area contributed by atoms with E-state index in [0.717, 1.165) is 11.8 Å². The second-order valence-corrected chi connectivity index (χ2v) is 10.0. The first-order chi connectivity index (χ1) is 13.4. The SMILES string of the molecule is C/C=C/C=C/C=C1\Nc2ccc3c(S(=O)(=O)O)cc(S(=O)(=O)O)cc3c2C1(C)C. The van der Waals surface area contributed by atoms with Crippen LogP contribution in [0.3, 0.4) is 0 Å². The van der Waals surface area contributed by atoms with Gasteiger partial charge in [0.15, 0.2) is 0 Å². The van der Waals surface area contributed by atoms with Gasteiger partial charge in [-0.2, -0.15) is 16.8 Å². The molecule has 0 unspecified atom stereocenters. The molecule has 0 saturated heterocycles. The van der Waals surface area contributed by atoms with E-state index in [1.165, 1.54) is 12.1 Å². The standard InChI is InChI=1S/C20H21NO6S2/c1-4-5-6-7-8-18-20(2,3)19-15-11-13(28(22,23)24)12-17(29(25,26)27)14(15)9-10-16(19)21-18/h4-12,21H,1-3H3,(H,22,23,24)(H,25,26,27)/b5-4+,7-6+,18-8-. The van der Waals surface area contributed by atoms with Crippen molar-refractivity contribution in [3.8, 4) is 0 Å². The molecule has 29 heavy (non-hydrogen) atoms. The van der Waals surface area contributed by atoms with Crippen molar-refractivity contribution in [3.63, 3.8) is 0 Å². The lowest BCUT2D eigenvalue weighted by molar-refractivity contribution is 0.482. The van der Waals surface area contributed by atoms with Crippen LogP contribution >= 0.6 is 0 Å². The molecule has 7 nitrogen and oxygen atoms in total. The Labute approximate surface area is 169 Å². The number of rotatable bonds is 4. The molecule has 1 heterocycles. The third-order valence-corrected chi connectivity index (χ3v) is 6.62. The molecule has 0 bridgehead atoms. The van der Waals surface area contributed by atoms with Crippen LogP contribution in [0.15, 0.2) is 70.1 Å². The van der Waals surface area contributed by atoms with Gasteiger partial charge in [0, 0.05) is 22.2 Å². The van der Waals surface area contributed by atoms with Gasteiger partial charge in [-0.05, 0) is 42.1 Å². The number of allylic oxidation sites excluding steroid dienone is 6. The van der Waals surface area contributed by atoms with Gasteiger partial charge in [0.2, 0.25) is 0 Å². The minimum Gasteiger partial charge on any atom is -0.358 e. The Bertz CT molecular complexity index is 1300. The lowest BCUT2D eigenvalue weighted by Gasteiger charge is -2.22. The third-order valence-electron chi connectivity index (χ3n) is 4.89. The highest BCUT2D eigenvalue weighted by molar-refractivity contribution is 7.86. The molecule has 0 amide bonds. The summed E-state index contributed by atoms with van der Waals surface area (Å²) in [4.78, 5) is -1.18. The highest BCUT2D eigenvalue weighted by Gasteiger charge is 2.37. The average Bonchev–Trinajstić information content (AvgIpc) is 2.86. The molecule has 9 heteroatoms. The summed E-state index contributed by atoms with van der Waals surface area (Å²) in [7, 11) is -9.43. The molecule has 1 aliphatic rings. The van der Waals surface area contributed by atoms with Crippen LogP contribution in [-0.4, -0.2) is 25.9 Å². The number of benzene rings is 2. The van der Waals surface area contributed by atoms with E-state index in [4.69, 9.17) is 0 Å². The van der Waals surface area contributed by atoms with Crippen LogP contribution in [0.2, 0.25) is 0 Å². The molecule has 0 atom stereocenters. The fourth-order valence-corrected chi connectivity index (χ4v) is 4.87. The molecule has 3 rings (SSSR count). The van der Waals surface area contributed by atoms with Crippen LogP contribution in [0, 0.1) is 0 Å². The Balaban J connectivity index is 2.37. The highest BCUT2D eigenvalue weighted by atomic mass is 32.2. The van der Waals surface area contributed by atoms with Crippen molar-refractivity contribution in [2.24, 2.45) is 0 Å². The molecule has 0 radical (unpaired) electrons. The van der Waals surface area contributed by atoms with Crippen molar-refractivity contribution < 1.29 is 25.9 Å². The molecule has 0 fully saturated rings. The summed E-state index contributed by atoms with van der Waals surface area (Å²) in [6, 6.07) is 5.15. The minimum absolute atomic E-state index is 0.166. The lowest BCUT2D eigenvalue weighted by Crippen LogP contribution is -2.17. The Hall–Kier alpha value is -2.46. The third kappa shape index (κ3) is 3.86. The Morgan fingerprint density at radius 3 is 2.21 bits per heavy atom. The normalized spacial score (nSPS) is 18.0. The maximum Gasteiger partial charge on any atom is 0.295 e. The van der Waals surface area contributed by atoms with Crippen molar-refractivity contribution in [3.05, 3.63) is 65.9 Å². The molecule has 0 aromatic heterocycles. The van der Waals surface area contributed by atoms with Crippen LogP contribution in [-0.2, 0) is 25.7 Å². The fraction of sp³-hybridized carbons (Fsp3) is 0.200. The summed E-state index contributed by atoms with van der Waals surface area (Å²) in [5, 5.41) is 3.75. The highest BCUT2D eigenvalue weighted by Crippen LogP contribution is 2.48. The van der Waals surface area contributed by atoms with Crippen molar-refractivity contribution in [1.82, 2.24) is 0 Å². The predicted molar refractivity (Wildman–Crippen MR) is 112 cm³/mol. The van der Waals surface area contributed by atoms with Crippen molar-refractivity contribution in [2.75, 3.05) is 5.32 Å². The van der Waals surface area contributed by atoms with Gasteiger partial charge >= 0.3 is 0 Å². The summed E-state index contributed by atoms with van der Waals surface area (Å²) < 4.78 is 66.3. The smallest absolute Gasteiger partial charge is 0.295 e. The molecule has 154 valence electrons. The molecular formula is C20H21NO6S2.